The van der Waals surface area contributed by atoms with Crippen LogP contribution in [0.15, 0.2) is 24.3 Å². The summed E-state index contributed by atoms with van der Waals surface area (Å²) in [6.45, 7) is 4.57. The molecule has 18 heavy (non-hydrogen) atoms. The number of nitrogens with zero attached hydrogens (tertiary/aromatic N) is 2. The third-order valence-corrected chi connectivity index (χ3v) is 3.58. The van der Waals surface area contributed by atoms with Crippen molar-refractivity contribution in [3.8, 4) is 0 Å². The van der Waals surface area contributed by atoms with E-state index in [2.05, 4.69) is 10.3 Å². The molecule has 0 aliphatic heterocycles. The van der Waals surface area contributed by atoms with E-state index in [4.69, 9.17) is 0 Å². The predicted octanol–water partition coefficient (Wildman–Crippen LogP) is 3.28. The zero-order valence-electron chi connectivity index (χ0n) is 10.1. The van der Waals surface area contributed by atoms with Crippen molar-refractivity contribution in [3.63, 3.8) is 0 Å². The first-order chi connectivity index (χ1) is 8.56. The van der Waals surface area contributed by atoms with Crippen molar-refractivity contribution in [3.05, 3.63) is 50.0 Å². The summed E-state index contributed by atoms with van der Waals surface area (Å²) in [5, 5.41) is 14.9. The molecule has 0 spiro atoms. The molecule has 0 unspecified atom stereocenters. The number of nitro groups is 1. The fourth-order valence-corrected chi connectivity index (χ4v) is 2.53. The van der Waals surface area contributed by atoms with Crippen molar-refractivity contribution in [1.82, 2.24) is 4.98 Å². The topological polar surface area (TPSA) is 68.1 Å². The molecule has 1 N–H and O–H groups in total. The Balaban J connectivity index is 2.08. The molecule has 94 valence electrons. The van der Waals surface area contributed by atoms with Gasteiger partial charge in [0.1, 0.15) is 0 Å². The van der Waals surface area contributed by atoms with E-state index < -0.39 is 4.92 Å². The van der Waals surface area contributed by atoms with E-state index in [0.717, 1.165) is 21.3 Å². The largest absolute Gasteiger partial charge is 0.380 e. The summed E-state index contributed by atoms with van der Waals surface area (Å²) in [4.78, 5) is 15.8. The maximum atomic E-state index is 10.7. The van der Waals surface area contributed by atoms with E-state index in [9.17, 15) is 10.1 Å². The third kappa shape index (κ3) is 2.84. The number of anilines is 1. The Morgan fingerprint density at radius 1 is 1.44 bits per heavy atom. The lowest BCUT2D eigenvalue weighted by atomic mass is 10.3. The lowest BCUT2D eigenvalue weighted by molar-refractivity contribution is -0.384. The zero-order chi connectivity index (χ0) is 13.1. The van der Waals surface area contributed by atoms with Crippen molar-refractivity contribution >= 4 is 22.7 Å². The lowest BCUT2D eigenvalue weighted by Gasteiger charge is -2.04. The van der Waals surface area contributed by atoms with Crippen molar-refractivity contribution in [1.29, 1.82) is 0 Å². The van der Waals surface area contributed by atoms with Crippen molar-refractivity contribution in [2.45, 2.75) is 20.4 Å². The second-order valence-electron chi connectivity index (χ2n) is 3.90. The van der Waals surface area contributed by atoms with Crippen molar-refractivity contribution in [2.24, 2.45) is 0 Å². The standard InChI is InChI=1S/C12H13N3O2S/c1-8-12(18-9(2)14-8)7-13-10-4-3-5-11(6-10)15(16)17/h3-6,13H,7H2,1-2H3. The van der Waals surface area contributed by atoms with Gasteiger partial charge in [-0.2, -0.15) is 0 Å². The molecule has 1 aromatic heterocycles. The summed E-state index contributed by atoms with van der Waals surface area (Å²) in [5.74, 6) is 0. The highest BCUT2D eigenvalue weighted by Crippen LogP contribution is 2.21. The number of benzene rings is 1. The summed E-state index contributed by atoms with van der Waals surface area (Å²) < 4.78 is 0. The van der Waals surface area contributed by atoms with E-state index >= 15 is 0 Å². The SMILES string of the molecule is Cc1nc(C)c(CNc2cccc([N+](=O)[O-])c2)s1. The van der Waals surface area contributed by atoms with Crippen LogP contribution < -0.4 is 5.32 Å². The molecule has 0 aliphatic rings. The molecule has 0 radical (unpaired) electrons. The smallest absolute Gasteiger partial charge is 0.271 e. The van der Waals surface area contributed by atoms with Gasteiger partial charge < -0.3 is 5.32 Å². The molecule has 0 fully saturated rings. The van der Waals surface area contributed by atoms with Crippen LogP contribution in [-0.2, 0) is 6.54 Å². The molecular formula is C12H13N3O2S. The Morgan fingerprint density at radius 3 is 2.83 bits per heavy atom. The summed E-state index contributed by atoms with van der Waals surface area (Å²) in [6.07, 6.45) is 0. The van der Waals surface area contributed by atoms with Crippen LogP contribution in [0.3, 0.4) is 0 Å². The van der Waals surface area contributed by atoms with Gasteiger partial charge in [-0.1, -0.05) is 6.07 Å². The van der Waals surface area contributed by atoms with Gasteiger partial charge in [0.25, 0.3) is 5.69 Å². The van der Waals surface area contributed by atoms with Crippen molar-refractivity contribution in [2.75, 3.05) is 5.32 Å². The molecule has 2 rings (SSSR count). The number of thiazole rings is 1. The Labute approximate surface area is 109 Å². The van der Waals surface area contributed by atoms with Crippen LogP contribution in [0.5, 0.6) is 0 Å². The van der Waals surface area contributed by atoms with Gasteiger partial charge in [-0.3, -0.25) is 10.1 Å². The Kier molecular flexibility index (Phi) is 3.57. The Morgan fingerprint density at radius 2 is 2.22 bits per heavy atom. The van der Waals surface area contributed by atoms with Crippen LogP contribution in [0.25, 0.3) is 0 Å². The minimum absolute atomic E-state index is 0.0946. The molecular weight excluding hydrogens is 250 g/mol. The maximum Gasteiger partial charge on any atom is 0.271 e. The third-order valence-electron chi connectivity index (χ3n) is 2.51. The van der Waals surface area contributed by atoms with E-state index in [1.165, 1.54) is 12.1 Å². The molecule has 6 heteroatoms. The monoisotopic (exact) mass is 263 g/mol. The summed E-state index contributed by atoms with van der Waals surface area (Å²) in [5.41, 5.74) is 1.85. The molecule has 5 nitrogen and oxygen atoms in total. The first-order valence-electron chi connectivity index (χ1n) is 5.47. The van der Waals surface area contributed by atoms with E-state index in [-0.39, 0.29) is 5.69 Å². The summed E-state index contributed by atoms with van der Waals surface area (Å²) in [7, 11) is 0. The summed E-state index contributed by atoms with van der Waals surface area (Å²) >= 11 is 1.64. The Hall–Kier alpha value is -1.95. The van der Waals surface area contributed by atoms with Gasteiger partial charge in [-0.15, -0.1) is 11.3 Å². The lowest BCUT2D eigenvalue weighted by Crippen LogP contribution is -1.99. The quantitative estimate of drug-likeness (QED) is 0.679. The summed E-state index contributed by atoms with van der Waals surface area (Å²) in [6, 6.07) is 6.50. The zero-order valence-corrected chi connectivity index (χ0v) is 11.0. The molecule has 0 aliphatic carbocycles. The first-order valence-corrected chi connectivity index (χ1v) is 6.29. The van der Waals surface area contributed by atoms with Crippen LogP contribution in [0.1, 0.15) is 15.6 Å². The highest BCUT2D eigenvalue weighted by Gasteiger charge is 2.07. The van der Waals surface area contributed by atoms with Gasteiger partial charge in [0.2, 0.25) is 0 Å². The van der Waals surface area contributed by atoms with Gasteiger partial charge in [0.15, 0.2) is 0 Å². The highest BCUT2D eigenvalue weighted by molar-refractivity contribution is 7.11. The number of aromatic nitrogens is 1. The first kappa shape index (κ1) is 12.5. The molecule has 0 atom stereocenters. The number of non-ortho nitro benzene ring substituents is 1. The minimum Gasteiger partial charge on any atom is -0.380 e. The molecule has 2 aromatic rings. The van der Waals surface area contributed by atoms with Crippen LogP contribution in [0.4, 0.5) is 11.4 Å². The minimum atomic E-state index is -0.396. The fraction of sp³-hybridized carbons (Fsp3) is 0.250. The molecule has 0 amide bonds. The van der Waals surface area contributed by atoms with E-state index in [0.29, 0.717) is 6.54 Å². The number of hydrogen-bond donors (Lipinski definition) is 1. The molecule has 1 heterocycles. The molecule has 0 saturated carbocycles. The van der Waals surface area contributed by atoms with Gasteiger partial charge in [0, 0.05) is 22.7 Å². The maximum absolute atomic E-state index is 10.7. The van der Waals surface area contributed by atoms with Gasteiger partial charge >= 0.3 is 0 Å². The van der Waals surface area contributed by atoms with Gasteiger partial charge in [-0.25, -0.2) is 4.98 Å². The average Bonchev–Trinajstić information content (AvgIpc) is 2.65. The van der Waals surface area contributed by atoms with Gasteiger partial charge in [-0.05, 0) is 19.9 Å². The van der Waals surface area contributed by atoms with E-state index in [1.807, 2.05) is 19.9 Å². The number of nitrogens with one attached hydrogen (secondary N) is 1. The molecule has 0 bridgehead atoms. The Bertz CT molecular complexity index is 580. The normalized spacial score (nSPS) is 10.3. The molecule has 0 saturated heterocycles. The number of rotatable bonds is 4. The van der Waals surface area contributed by atoms with Gasteiger partial charge in [0.05, 0.1) is 22.2 Å². The van der Waals surface area contributed by atoms with Crippen LogP contribution in [0, 0.1) is 24.0 Å². The van der Waals surface area contributed by atoms with Crippen LogP contribution in [-0.4, -0.2) is 9.91 Å². The van der Waals surface area contributed by atoms with Crippen LogP contribution >= 0.6 is 11.3 Å². The molecule has 1 aromatic carbocycles. The van der Waals surface area contributed by atoms with Crippen molar-refractivity contribution < 1.29 is 4.92 Å². The predicted molar refractivity (Wildman–Crippen MR) is 72.0 cm³/mol. The van der Waals surface area contributed by atoms with Crippen LogP contribution in [0.2, 0.25) is 0 Å². The average molecular weight is 263 g/mol. The van der Waals surface area contributed by atoms with E-state index in [1.54, 1.807) is 17.4 Å². The number of nitro benzene ring substituents is 1. The number of hydrogen-bond acceptors (Lipinski definition) is 5. The highest BCUT2D eigenvalue weighted by atomic mass is 32.1. The second-order valence-corrected chi connectivity index (χ2v) is 5.19. The second kappa shape index (κ2) is 5.14. The number of aryl methyl sites for hydroxylation is 2. The fourth-order valence-electron chi connectivity index (χ4n) is 1.65.